The van der Waals surface area contributed by atoms with E-state index >= 15 is 0 Å². The van der Waals surface area contributed by atoms with Crippen LogP contribution in [0.15, 0.2) is 70.0 Å². The minimum absolute atomic E-state index is 0.0625. The first-order chi connectivity index (χ1) is 16.8. The number of aryl methyl sites for hydroxylation is 2. The van der Waals surface area contributed by atoms with Gasteiger partial charge in [0.25, 0.3) is 5.91 Å². The summed E-state index contributed by atoms with van der Waals surface area (Å²) in [6, 6.07) is 15.9. The number of carbonyl (C=O) groups is 1. The molecule has 2 aromatic carbocycles. The van der Waals surface area contributed by atoms with Crippen molar-refractivity contribution in [3.63, 3.8) is 0 Å². The van der Waals surface area contributed by atoms with Gasteiger partial charge in [0.05, 0.1) is 23.6 Å². The Morgan fingerprint density at radius 2 is 1.83 bits per heavy atom. The van der Waals surface area contributed by atoms with Crippen molar-refractivity contribution in [2.45, 2.75) is 40.2 Å². The maximum absolute atomic E-state index is 13.8. The van der Waals surface area contributed by atoms with Crippen LogP contribution in [0.2, 0.25) is 0 Å². The lowest BCUT2D eigenvalue weighted by Gasteiger charge is -2.24. The van der Waals surface area contributed by atoms with Crippen molar-refractivity contribution in [3.8, 4) is 5.75 Å². The lowest BCUT2D eigenvalue weighted by molar-refractivity contribution is 0.0970. The van der Waals surface area contributed by atoms with E-state index < -0.39 is 6.04 Å². The van der Waals surface area contributed by atoms with Crippen molar-refractivity contribution < 1.29 is 13.9 Å². The molecule has 2 aromatic heterocycles. The molecule has 0 bridgehead atoms. The van der Waals surface area contributed by atoms with Crippen LogP contribution in [0.1, 0.15) is 59.1 Å². The number of benzene rings is 2. The number of carbonyl (C=O) groups excluding carboxylic acids is 1. The number of aromatic nitrogens is 1. The molecule has 0 spiro atoms. The van der Waals surface area contributed by atoms with Crippen LogP contribution in [0.25, 0.3) is 11.0 Å². The number of anilines is 1. The predicted octanol–water partition coefficient (Wildman–Crippen LogP) is 5.98. The van der Waals surface area contributed by atoms with Crippen LogP contribution >= 0.6 is 0 Å². The molecule has 1 aliphatic rings. The zero-order valence-corrected chi connectivity index (χ0v) is 20.4. The Kier molecular flexibility index (Phi) is 5.89. The second-order valence-electron chi connectivity index (χ2n) is 9.48. The van der Waals surface area contributed by atoms with Crippen LogP contribution in [0.3, 0.4) is 0 Å². The molecule has 4 aromatic rings. The molecule has 0 saturated carbocycles. The second-order valence-corrected chi connectivity index (χ2v) is 9.48. The van der Waals surface area contributed by atoms with E-state index in [0.717, 1.165) is 23.1 Å². The Morgan fingerprint density at radius 1 is 1.03 bits per heavy atom. The molecule has 1 amide bonds. The van der Waals surface area contributed by atoms with Crippen LogP contribution in [-0.4, -0.2) is 17.5 Å². The average Bonchev–Trinajstić information content (AvgIpc) is 3.13. The van der Waals surface area contributed by atoms with Gasteiger partial charge < -0.3 is 9.15 Å². The third-order valence-corrected chi connectivity index (χ3v) is 6.52. The Morgan fingerprint density at radius 3 is 2.57 bits per heavy atom. The number of hydrogen-bond acceptors (Lipinski definition) is 5. The summed E-state index contributed by atoms with van der Waals surface area (Å²) in [5, 5.41) is 0.469. The minimum atomic E-state index is -0.677. The first-order valence-electron chi connectivity index (χ1n) is 11.9. The van der Waals surface area contributed by atoms with Gasteiger partial charge in [0.1, 0.15) is 17.2 Å². The molecular weight excluding hydrogens is 440 g/mol. The Hall–Kier alpha value is -3.93. The van der Waals surface area contributed by atoms with Crippen LogP contribution in [0, 0.1) is 19.8 Å². The summed E-state index contributed by atoms with van der Waals surface area (Å²) in [5.41, 5.74) is 3.30. The summed E-state index contributed by atoms with van der Waals surface area (Å²) in [5.74, 6) is 1.36. The zero-order valence-electron chi connectivity index (χ0n) is 20.4. The molecule has 6 heteroatoms. The molecule has 0 N–H and O–H groups in total. The van der Waals surface area contributed by atoms with Crippen LogP contribution in [0.5, 0.6) is 5.75 Å². The van der Waals surface area contributed by atoms with E-state index in [-0.39, 0.29) is 17.1 Å². The van der Waals surface area contributed by atoms with Crippen LogP contribution in [-0.2, 0) is 0 Å². The first kappa shape index (κ1) is 22.8. The smallest absolute Gasteiger partial charge is 0.296 e. The van der Waals surface area contributed by atoms with Crippen molar-refractivity contribution in [1.82, 2.24) is 4.98 Å². The third-order valence-electron chi connectivity index (χ3n) is 6.52. The van der Waals surface area contributed by atoms with E-state index in [4.69, 9.17) is 9.15 Å². The summed E-state index contributed by atoms with van der Waals surface area (Å²) in [6.07, 6.45) is 2.57. The first-order valence-corrected chi connectivity index (χ1v) is 11.9. The molecule has 178 valence electrons. The third kappa shape index (κ3) is 4.09. The number of rotatable bonds is 6. The van der Waals surface area contributed by atoms with Gasteiger partial charge in [0, 0.05) is 6.20 Å². The van der Waals surface area contributed by atoms with Gasteiger partial charge in [-0.3, -0.25) is 14.5 Å². The van der Waals surface area contributed by atoms with Crippen molar-refractivity contribution in [3.05, 3.63) is 99.0 Å². The summed E-state index contributed by atoms with van der Waals surface area (Å²) < 4.78 is 12.1. The van der Waals surface area contributed by atoms with Gasteiger partial charge in [-0.2, -0.15) is 0 Å². The Balaban J connectivity index is 1.69. The van der Waals surface area contributed by atoms with Crippen LogP contribution < -0.4 is 15.1 Å². The molecule has 3 heterocycles. The van der Waals surface area contributed by atoms with E-state index in [0.29, 0.717) is 40.6 Å². The fourth-order valence-corrected chi connectivity index (χ4v) is 4.46. The highest BCUT2D eigenvalue weighted by molar-refractivity contribution is 6.10. The van der Waals surface area contributed by atoms with Crippen molar-refractivity contribution in [2.24, 2.45) is 5.92 Å². The van der Waals surface area contributed by atoms with Gasteiger partial charge in [0.2, 0.25) is 5.76 Å². The molecule has 0 aliphatic carbocycles. The quantitative estimate of drug-likeness (QED) is 0.348. The summed E-state index contributed by atoms with van der Waals surface area (Å²) in [7, 11) is 0. The molecule has 1 aliphatic heterocycles. The number of ether oxygens (including phenoxy) is 1. The maximum Gasteiger partial charge on any atom is 0.296 e. The van der Waals surface area contributed by atoms with Crippen LogP contribution in [0.4, 0.5) is 5.82 Å². The zero-order chi connectivity index (χ0) is 24.7. The van der Waals surface area contributed by atoms with E-state index in [1.807, 2.05) is 56.3 Å². The predicted molar refractivity (Wildman–Crippen MR) is 136 cm³/mol. The molecule has 35 heavy (non-hydrogen) atoms. The molecule has 1 atom stereocenters. The highest BCUT2D eigenvalue weighted by atomic mass is 16.5. The number of fused-ring (bicyclic) bond motifs is 2. The largest absolute Gasteiger partial charge is 0.494 e. The van der Waals surface area contributed by atoms with Gasteiger partial charge >= 0.3 is 0 Å². The molecular formula is C29H28N2O4. The molecule has 5 rings (SSSR count). The average molecular weight is 469 g/mol. The fraction of sp³-hybridized carbons (Fsp3) is 0.276. The van der Waals surface area contributed by atoms with E-state index in [2.05, 4.69) is 18.8 Å². The van der Waals surface area contributed by atoms with E-state index in [9.17, 15) is 9.59 Å². The van der Waals surface area contributed by atoms with Gasteiger partial charge in [-0.25, -0.2) is 4.98 Å². The summed E-state index contributed by atoms with van der Waals surface area (Å²) in [6.45, 7) is 8.81. The Bertz CT molecular complexity index is 1470. The van der Waals surface area contributed by atoms with Gasteiger partial charge in [0.15, 0.2) is 5.43 Å². The lowest BCUT2D eigenvalue weighted by atomic mass is 9.97. The molecule has 0 saturated heterocycles. The molecule has 0 fully saturated rings. The number of hydrogen-bond donors (Lipinski definition) is 0. The van der Waals surface area contributed by atoms with Crippen molar-refractivity contribution >= 4 is 22.7 Å². The molecule has 1 unspecified atom stereocenters. The maximum atomic E-state index is 13.8. The topological polar surface area (TPSA) is 72.6 Å². The number of pyridine rings is 1. The van der Waals surface area contributed by atoms with Gasteiger partial charge in [-0.05, 0) is 79.3 Å². The highest BCUT2D eigenvalue weighted by Gasteiger charge is 2.44. The van der Waals surface area contributed by atoms with Gasteiger partial charge in [-0.15, -0.1) is 0 Å². The molecule has 6 nitrogen and oxygen atoms in total. The standard InChI is InChI=1S/C29H28N2O4/c1-17(2)11-13-34-21-9-7-8-20(16-21)26-25-27(32)22-14-18(3)19(4)15-23(22)35-28(25)29(33)31(26)24-10-5-6-12-30-24/h5-10,12,14-17,26H,11,13H2,1-4H3. The fourth-order valence-electron chi connectivity index (χ4n) is 4.46. The normalized spacial score (nSPS) is 15.2. The van der Waals surface area contributed by atoms with E-state index in [1.165, 1.54) is 0 Å². The van der Waals surface area contributed by atoms with Crippen molar-refractivity contribution in [1.29, 1.82) is 0 Å². The summed E-state index contributed by atoms with van der Waals surface area (Å²) >= 11 is 0. The Labute approximate surface area is 204 Å². The lowest BCUT2D eigenvalue weighted by Crippen LogP contribution is -2.30. The number of amides is 1. The minimum Gasteiger partial charge on any atom is -0.494 e. The second kappa shape index (κ2) is 9.02. The molecule has 0 radical (unpaired) electrons. The SMILES string of the molecule is Cc1cc2oc3c(c(=O)c2cc1C)C(c1cccc(OCCC(C)C)c1)N(c1ccccn1)C3=O. The highest BCUT2D eigenvalue weighted by Crippen LogP contribution is 2.41. The number of nitrogens with zero attached hydrogens (tertiary/aromatic N) is 2. The monoisotopic (exact) mass is 468 g/mol. The van der Waals surface area contributed by atoms with Gasteiger partial charge in [-0.1, -0.05) is 32.0 Å². The van der Waals surface area contributed by atoms with Crippen molar-refractivity contribution in [2.75, 3.05) is 11.5 Å². The van der Waals surface area contributed by atoms with E-state index in [1.54, 1.807) is 23.2 Å². The summed E-state index contributed by atoms with van der Waals surface area (Å²) in [4.78, 5) is 33.5.